The molecule has 3 aromatic heterocycles. The third-order valence-electron chi connectivity index (χ3n) is 8.75. The number of hydrogen-bond donors (Lipinski definition) is 2. The van der Waals surface area contributed by atoms with Crippen molar-refractivity contribution in [3.63, 3.8) is 0 Å². The number of thioether (sulfide) groups is 2. The SMILES string of the molecule is C[N+](C)(C)CCSc1ccc(-c2c3nc(cc4ccc([nH]4)c(-c4ccc(SCC[N+](C)(C)C)cc4)c4ccc(cc5nc2C=C5)[nH]4)C=C3)cc1.[I-].[I-]. The number of aromatic nitrogens is 4. The first kappa shape index (κ1) is 40.3. The van der Waals surface area contributed by atoms with E-state index in [4.69, 9.17) is 9.97 Å². The molecule has 0 saturated carbocycles. The van der Waals surface area contributed by atoms with Crippen molar-refractivity contribution in [2.45, 2.75) is 9.79 Å². The molecular weight excluding hydrogens is 906 g/mol. The van der Waals surface area contributed by atoms with Crippen molar-refractivity contribution in [2.24, 2.45) is 0 Å². The molecule has 8 bridgehead atoms. The van der Waals surface area contributed by atoms with Crippen LogP contribution >= 0.6 is 23.5 Å². The Bertz CT molecular complexity index is 2150. The number of fused-ring (bicyclic) bond motifs is 8. The van der Waals surface area contributed by atoms with E-state index in [0.717, 1.165) is 101 Å². The highest BCUT2D eigenvalue weighted by molar-refractivity contribution is 7.99. The fraction of sp³-hybridized carbons (Fsp3) is 0.238. The highest BCUT2D eigenvalue weighted by Gasteiger charge is 2.15. The number of benzene rings is 2. The maximum atomic E-state index is 5.12. The van der Waals surface area contributed by atoms with Crippen molar-refractivity contribution < 1.29 is 56.9 Å². The molecule has 2 N–H and O–H groups in total. The van der Waals surface area contributed by atoms with Crippen molar-refractivity contribution in [1.29, 1.82) is 0 Å². The predicted molar refractivity (Wildman–Crippen MR) is 217 cm³/mol. The van der Waals surface area contributed by atoms with Crippen molar-refractivity contribution in [1.82, 2.24) is 19.9 Å². The lowest BCUT2D eigenvalue weighted by molar-refractivity contribution is -0.867. The quantitative estimate of drug-likeness (QED) is 0.125. The van der Waals surface area contributed by atoms with E-state index in [1.165, 1.54) is 9.79 Å². The normalized spacial score (nSPS) is 12.4. The summed E-state index contributed by atoms with van der Waals surface area (Å²) in [6, 6.07) is 30.7. The van der Waals surface area contributed by atoms with Crippen molar-refractivity contribution in [3.05, 3.63) is 108 Å². The van der Waals surface area contributed by atoms with Crippen LogP contribution in [0.15, 0.2) is 94.7 Å². The van der Waals surface area contributed by atoms with Gasteiger partial charge in [0.25, 0.3) is 0 Å². The zero-order chi connectivity index (χ0) is 34.9. The second-order valence-electron chi connectivity index (χ2n) is 15.0. The monoisotopic (exact) mass is 952 g/mol. The average Bonchev–Trinajstić information content (AvgIpc) is 3.88. The van der Waals surface area contributed by atoms with Crippen molar-refractivity contribution in [3.8, 4) is 22.3 Å². The summed E-state index contributed by atoms with van der Waals surface area (Å²) < 4.78 is 1.93. The van der Waals surface area contributed by atoms with Gasteiger partial charge in [-0.3, -0.25) is 0 Å². The molecule has 2 aliphatic heterocycles. The molecule has 2 aliphatic rings. The summed E-state index contributed by atoms with van der Waals surface area (Å²) in [5.41, 5.74) is 12.2. The molecule has 0 saturated heterocycles. The van der Waals surface area contributed by atoms with Crippen LogP contribution in [0.3, 0.4) is 0 Å². The standard InChI is InChI=1S/C42H46N6S2.2HI/c1-47(2,3)23-25-49-35-15-7-29(8-16-35)41-37-19-11-31(43-37)27-33-13-21-39(45-33)42(30-9-17-36(18-10-30)50-26-24-48(4,5)6)40-22-14-34(46-40)28-32-12-20-38(41)44-32;;/h7-22,27-28,43-44H,23-26H2,1-6H3;2*1H/q+2;;/p-2. The molecule has 0 radical (unpaired) electrons. The number of quaternary nitrogens is 2. The largest absolute Gasteiger partial charge is 1.00 e. The molecule has 0 amide bonds. The summed E-state index contributed by atoms with van der Waals surface area (Å²) in [6.45, 7) is 2.24. The maximum absolute atomic E-state index is 5.12. The minimum atomic E-state index is 0. The maximum Gasteiger partial charge on any atom is 0.0875 e. The summed E-state index contributed by atoms with van der Waals surface area (Å²) >= 11 is 3.82. The van der Waals surface area contributed by atoms with E-state index in [-0.39, 0.29) is 48.0 Å². The highest BCUT2D eigenvalue weighted by Crippen LogP contribution is 2.34. The van der Waals surface area contributed by atoms with Crippen LogP contribution in [0.1, 0.15) is 22.8 Å². The first-order valence-electron chi connectivity index (χ1n) is 17.1. The summed E-state index contributed by atoms with van der Waals surface area (Å²) in [7, 11) is 13.4. The molecule has 2 aromatic carbocycles. The van der Waals surface area contributed by atoms with E-state index in [1.54, 1.807) is 0 Å². The number of aromatic amines is 2. The van der Waals surface area contributed by atoms with Gasteiger partial charge in [-0.2, -0.15) is 0 Å². The highest BCUT2D eigenvalue weighted by atomic mass is 127. The molecule has 5 aromatic rings. The second-order valence-corrected chi connectivity index (χ2v) is 17.3. The molecule has 0 fully saturated rings. The van der Waals surface area contributed by atoms with E-state index in [1.807, 2.05) is 23.5 Å². The summed E-state index contributed by atoms with van der Waals surface area (Å²) in [5.74, 6) is 2.16. The Morgan fingerprint density at radius 2 is 0.904 bits per heavy atom. The third kappa shape index (κ3) is 10.2. The van der Waals surface area contributed by atoms with Gasteiger partial charge in [0.2, 0.25) is 0 Å². The van der Waals surface area contributed by atoms with Gasteiger partial charge in [-0.15, -0.1) is 23.5 Å². The summed E-state index contributed by atoms with van der Waals surface area (Å²) in [6.07, 6.45) is 8.41. The smallest absolute Gasteiger partial charge is 0.0875 e. The zero-order valence-electron chi connectivity index (χ0n) is 30.6. The Hall–Kier alpha value is -2.88. The molecule has 0 unspecified atom stereocenters. The molecule has 5 heterocycles. The fourth-order valence-corrected chi connectivity index (χ4v) is 8.40. The lowest BCUT2D eigenvalue weighted by Gasteiger charge is -2.23. The number of hydrogen-bond acceptors (Lipinski definition) is 4. The Morgan fingerprint density at radius 1 is 0.500 bits per heavy atom. The van der Waals surface area contributed by atoms with Crippen LogP contribution in [0.25, 0.3) is 68.6 Å². The summed E-state index contributed by atoms with van der Waals surface area (Å²) in [4.78, 5) is 20.2. The molecule has 0 spiro atoms. The predicted octanol–water partition coefficient (Wildman–Crippen LogP) is 3.59. The number of nitrogens with one attached hydrogen (secondary N) is 2. The van der Waals surface area contributed by atoms with E-state index in [2.05, 4.69) is 161 Å². The molecule has 270 valence electrons. The molecule has 0 atom stereocenters. The molecule has 52 heavy (non-hydrogen) atoms. The van der Waals surface area contributed by atoms with Gasteiger partial charge in [0.05, 0.1) is 78.2 Å². The van der Waals surface area contributed by atoms with Crippen LogP contribution in [-0.2, 0) is 0 Å². The van der Waals surface area contributed by atoms with E-state index in [0.29, 0.717) is 0 Å². The van der Waals surface area contributed by atoms with Gasteiger partial charge >= 0.3 is 0 Å². The first-order valence-corrected chi connectivity index (χ1v) is 19.1. The number of H-pyrrole nitrogens is 2. The minimum Gasteiger partial charge on any atom is -1.00 e. The summed E-state index contributed by atoms with van der Waals surface area (Å²) in [5, 5.41) is 0. The Balaban J connectivity index is 0.00000261. The van der Waals surface area contributed by atoms with Crippen LogP contribution < -0.4 is 48.0 Å². The van der Waals surface area contributed by atoms with E-state index >= 15 is 0 Å². The van der Waals surface area contributed by atoms with Gasteiger partial charge in [0, 0.05) is 54.5 Å². The van der Waals surface area contributed by atoms with Gasteiger partial charge in [0.1, 0.15) is 0 Å². The van der Waals surface area contributed by atoms with Gasteiger partial charge in [-0.25, -0.2) is 9.97 Å². The topological polar surface area (TPSA) is 57.4 Å². The lowest BCUT2D eigenvalue weighted by Crippen LogP contribution is -3.00. The number of halogens is 2. The second kappa shape index (κ2) is 17.1. The van der Waals surface area contributed by atoms with Gasteiger partial charge in [-0.1, -0.05) is 24.3 Å². The van der Waals surface area contributed by atoms with Gasteiger partial charge < -0.3 is 66.9 Å². The molecule has 10 heteroatoms. The van der Waals surface area contributed by atoms with E-state index in [9.17, 15) is 0 Å². The first-order chi connectivity index (χ1) is 24.0. The van der Waals surface area contributed by atoms with Crippen LogP contribution in [0, 0.1) is 0 Å². The lowest BCUT2D eigenvalue weighted by atomic mass is 10.0. The Labute approximate surface area is 350 Å². The number of nitrogens with zero attached hydrogens (tertiary/aromatic N) is 4. The molecule has 7 rings (SSSR count). The van der Waals surface area contributed by atoms with E-state index < -0.39 is 0 Å². The Kier molecular flexibility index (Phi) is 13.2. The number of rotatable bonds is 10. The molecular formula is C42H46I2N6S2. The molecule has 6 nitrogen and oxygen atoms in total. The fourth-order valence-electron chi connectivity index (χ4n) is 5.99. The van der Waals surface area contributed by atoms with Gasteiger partial charge in [-0.05, 0) is 96.1 Å². The third-order valence-corrected chi connectivity index (χ3v) is 10.7. The van der Waals surface area contributed by atoms with Crippen LogP contribution in [0.2, 0.25) is 0 Å². The Morgan fingerprint density at radius 3 is 1.31 bits per heavy atom. The molecule has 0 aliphatic carbocycles. The van der Waals surface area contributed by atoms with Crippen LogP contribution in [0.5, 0.6) is 0 Å². The zero-order valence-corrected chi connectivity index (χ0v) is 36.5. The average molecular weight is 953 g/mol. The van der Waals surface area contributed by atoms with Crippen LogP contribution in [0.4, 0.5) is 0 Å². The van der Waals surface area contributed by atoms with Crippen molar-refractivity contribution in [2.75, 3.05) is 66.9 Å². The van der Waals surface area contributed by atoms with Crippen LogP contribution in [-0.4, -0.2) is 95.8 Å². The van der Waals surface area contributed by atoms with Gasteiger partial charge in [0.15, 0.2) is 0 Å². The van der Waals surface area contributed by atoms with Crippen molar-refractivity contribution >= 4 is 69.9 Å². The minimum absolute atomic E-state index is 0.